The fourth-order valence-electron chi connectivity index (χ4n) is 15.5. The highest BCUT2D eigenvalue weighted by Gasteiger charge is 2.45. The molecule has 102 heavy (non-hydrogen) atoms. The Labute approximate surface area is 616 Å². The first-order valence-electron chi connectivity index (χ1n) is 40.7. The molecule has 0 amide bonds. The number of aryl methyl sites for hydroxylation is 1. The van der Waals surface area contributed by atoms with E-state index in [9.17, 15) is 13.5 Å². The molecule has 496 valence electrons. The summed E-state index contributed by atoms with van der Waals surface area (Å²) in [4.78, 5) is 4.65. The van der Waals surface area contributed by atoms with Crippen molar-refractivity contribution < 1.29 is 15.1 Å². The van der Waals surface area contributed by atoms with E-state index in [1.54, 1.807) is 16.7 Å². The van der Waals surface area contributed by atoms with Crippen LogP contribution in [-0.4, -0.2) is 15.8 Å². The van der Waals surface area contributed by atoms with Gasteiger partial charge in [0.1, 0.15) is 0 Å². The van der Waals surface area contributed by atoms with Gasteiger partial charge in [-0.05, 0) is 203 Å². The number of rotatable bonds is 8. The molecule has 0 fully saturated rings. The lowest BCUT2D eigenvalue weighted by Gasteiger charge is -2.45. The minimum Gasteiger partial charge on any atom is -0.311 e. The van der Waals surface area contributed by atoms with Crippen LogP contribution in [0.25, 0.3) is 99.5 Å². The molecule has 15 aromatic rings. The molecule has 2 aliphatic heterocycles. The van der Waals surface area contributed by atoms with Crippen LogP contribution in [0.1, 0.15) is 132 Å². The smallest absolute Gasteiger partial charge is 0.252 e. The molecule has 5 nitrogen and oxygen atoms in total. The molecule has 0 N–H and O–H groups in total. The maximum absolute atomic E-state index is 11.7. The van der Waals surface area contributed by atoms with E-state index in [0.717, 1.165) is 117 Å². The Bertz CT molecular complexity index is 6400. The van der Waals surface area contributed by atoms with Gasteiger partial charge in [-0.3, -0.25) is 0 Å². The summed E-state index contributed by atoms with van der Waals surface area (Å²) in [5.41, 5.74) is 21.8. The van der Waals surface area contributed by atoms with E-state index in [0.29, 0.717) is 28.3 Å². The zero-order valence-corrected chi connectivity index (χ0v) is 59.7. The molecule has 0 unspecified atom stereocenters. The summed E-state index contributed by atoms with van der Waals surface area (Å²) in [6.07, 6.45) is 0. The quantitative estimate of drug-likeness (QED) is 0.142. The number of aromatic nitrogens is 2. The van der Waals surface area contributed by atoms with Crippen LogP contribution in [-0.2, 0) is 21.7 Å². The summed E-state index contributed by atoms with van der Waals surface area (Å²) < 4.78 is 104. The van der Waals surface area contributed by atoms with E-state index in [1.165, 1.54) is 11.1 Å². The van der Waals surface area contributed by atoms with Gasteiger partial charge in [0.15, 0.2) is 0 Å². The Morgan fingerprint density at radius 3 is 1.28 bits per heavy atom. The van der Waals surface area contributed by atoms with Crippen molar-refractivity contribution in [1.29, 1.82) is 5.26 Å². The molecular weight excluding hydrogens is 1230 g/mol. The Hall–Kier alpha value is -11.4. The molecule has 2 aliphatic rings. The average molecular weight is 1330 g/mol. The number of anilines is 6. The number of nitrogens with zero attached hydrogens (tertiary/aromatic N) is 5. The highest BCUT2D eigenvalue weighted by Crippen LogP contribution is 2.51. The number of benzene rings is 13. The fraction of sp³-hybridized carbons (Fsp3) is 0.177. The van der Waals surface area contributed by atoms with Crippen molar-refractivity contribution in [1.82, 2.24) is 9.13 Å². The van der Waals surface area contributed by atoms with Gasteiger partial charge in [0.2, 0.25) is 0 Å². The van der Waals surface area contributed by atoms with Crippen LogP contribution >= 0.6 is 0 Å². The van der Waals surface area contributed by atoms with Gasteiger partial charge in [0, 0.05) is 71.2 Å². The number of para-hydroxylation sites is 4. The van der Waals surface area contributed by atoms with Gasteiger partial charge in [0.25, 0.3) is 6.71 Å². The van der Waals surface area contributed by atoms with Crippen molar-refractivity contribution in [3.63, 3.8) is 0 Å². The van der Waals surface area contributed by atoms with E-state index in [4.69, 9.17) is 6.85 Å². The molecule has 0 spiro atoms. The predicted molar refractivity (Wildman–Crippen MR) is 435 cm³/mol. The first kappa shape index (κ1) is 52.6. The summed E-state index contributed by atoms with van der Waals surface area (Å²) in [6.45, 7) is 24.1. The van der Waals surface area contributed by atoms with Crippen LogP contribution in [0.3, 0.4) is 0 Å². The third kappa shape index (κ3) is 10.8. The Morgan fingerprint density at radius 2 is 0.755 bits per heavy atom. The third-order valence-electron chi connectivity index (χ3n) is 21.0. The highest BCUT2D eigenvalue weighted by molar-refractivity contribution is 7.00. The van der Waals surface area contributed by atoms with Crippen molar-refractivity contribution >= 4 is 101 Å². The minimum absolute atomic E-state index is 0.0135. The van der Waals surface area contributed by atoms with Crippen LogP contribution in [0.15, 0.2) is 273 Å². The van der Waals surface area contributed by atoms with Gasteiger partial charge >= 0.3 is 0 Å². The molecule has 13 aromatic carbocycles. The lowest BCUT2D eigenvalue weighted by molar-refractivity contribution is 0.568. The van der Waals surface area contributed by atoms with E-state index in [2.05, 4.69) is 237 Å². The van der Waals surface area contributed by atoms with Crippen molar-refractivity contribution in [3.8, 4) is 62.0 Å². The SMILES string of the molecule is [2H]c1c([2H])c([2H])c2c(c1[2H])c1c([2H])c([2H])c([2H])c([2H])c1n2-c1ccc2c(c1)N(c1cc(C#N)cc(-n3c4ccccc4c4ccccc43)c1)c1cc(-c3cc(C(C)(C)C)cc(C(C)(C)C)c3)cc3c1B2c1ccc(-c2cc(C(C)(C)C)cc(C(C)(C)C)c2)cc1N3c1cc(-c2ccccc2)cc(-c2ccc(C([2H])([2H])[2H])cc2)c1. The Balaban J connectivity index is 1.06. The standard InChI is InChI=1S/C96H84BN5/c1-60-35-37-63(38-36-60)66-45-65(62-25-15-14-16-26-62)50-77(51-66)102-88-52-64(67-46-70(93(2,3)4)55-71(47-67)94(5,6)7)39-41-82(88)97-83-42-40-74(99-84-31-21-17-27-78(84)79-28-18-22-32-85(79)99)58-89(83)101(90-53-69(54-91(102)92(90)97)68-48-72(95(8,9)10)56-73(49-68)96(11,12)13)76-44-61(59-98)43-75(57-76)100-86-33-23-19-29-80(86)81-30-20-24-34-87(81)100/h14-58H,1-13H3/i1D3,17D,18D,21D,22D,27D,28D,31D,32D. The summed E-state index contributed by atoms with van der Waals surface area (Å²) >= 11 is 0. The number of fused-ring (bicyclic) bond motifs is 10. The number of hydrogen-bond donors (Lipinski definition) is 0. The van der Waals surface area contributed by atoms with Crippen molar-refractivity contribution in [3.05, 3.63) is 306 Å². The van der Waals surface area contributed by atoms with Gasteiger partial charge in [0.05, 0.1) is 44.7 Å². The van der Waals surface area contributed by atoms with E-state index in [1.807, 2.05) is 78.9 Å². The lowest BCUT2D eigenvalue weighted by Crippen LogP contribution is -2.61. The second-order valence-corrected chi connectivity index (χ2v) is 31.9. The van der Waals surface area contributed by atoms with Gasteiger partial charge in [-0.15, -0.1) is 0 Å². The molecule has 4 heterocycles. The molecule has 0 radical (unpaired) electrons. The molecular formula is C96H84BN5. The van der Waals surface area contributed by atoms with E-state index in [-0.39, 0.29) is 49.0 Å². The maximum Gasteiger partial charge on any atom is 0.252 e. The van der Waals surface area contributed by atoms with Gasteiger partial charge in [-0.1, -0.05) is 270 Å². The zero-order chi connectivity index (χ0) is 79.9. The monoisotopic (exact) mass is 1330 g/mol. The summed E-state index contributed by atoms with van der Waals surface area (Å²) in [5.74, 6) is 0. The fourth-order valence-corrected chi connectivity index (χ4v) is 15.5. The molecule has 0 atom stereocenters. The normalized spacial score (nSPS) is 14.7. The largest absolute Gasteiger partial charge is 0.311 e. The number of hydrogen-bond acceptors (Lipinski definition) is 3. The average Bonchev–Trinajstić information content (AvgIpc) is 1.06. The zero-order valence-electron chi connectivity index (χ0n) is 70.7. The molecule has 0 bridgehead atoms. The predicted octanol–water partition coefficient (Wildman–Crippen LogP) is 24.0. The number of nitriles is 1. The lowest BCUT2D eigenvalue weighted by atomic mass is 9.33. The van der Waals surface area contributed by atoms with E-state index < -0.39 is 61.9 Å². The topological polar surface area (TPSA) is 40.1 Å². The van der Waals surface area contributed by atoms with E-state index >= 15 is 0 Å². The van der Waals surface area contributed by atoms with Gasteiger partial charge in [-0.2, -0.15) is 5.26 Å². The van der Waals surface area contributed by atoms with Crippen molar-refractivity contribution in [2.75, 3.05) is 9.80 Å². The molecule has 2 aromatic heterocycles. The first-order chi connectivity index (χ1) is 53.5. The van der Waals surface area contributed by atoms with Crippen LogP contribution in [0.2, 0.25) is 0 Å². The molecule has 0 saturated carbocycles. The van der Waals surface area contributed by atoms with Gasteiger partial charge < -0.3 is 18.9 Å². The Morgan fingerprint density at radius 1 is 0.333 bits per heavy atom. The molecule has 6 heteroatoms. The second kappa shape index (κ2) is 23.6. The van der Waals surface area contributed by atoms with Crippen LogP contribution in [0.4, 0.5) is 34.1 Å². The summed E-state index contributed by atoms with van der Waals surface area (Å²) in [5, 5.41) is 13.7. The first-order valence-corrected chi connectivity index (χ1v) is 35.2. The molecule has 17 rings (SSSR count). The summed E-state index contributed by atoms with van der Waals surface area (Å²) in [6, 6.07) is 76.8. The van der Waals surface area contributed by atoms with Crippen molar-refractivity contribution in [2.45, 2.75) is 112 Å². The van der Waals surface area contributed by atoms with Crippen LogP contribution < -0.4 is 26.2 Å². The minimum atomic E-state index is -2.33. The highest BCUT2D eigenvalue weighted by atomic mass is 15.2. The third-order valence-corrected chi connectivity index (χ3v) is 21.0. The van der Waals surface area contributed by atoms with Crippen molar-refractivity contribution in [2.24, 2.45) is 0 Å². The van der Waals surface area contributed by atoms with Gasteiger partial charge in [-0.25, -0.2) is 0 Å². The van der Waals surface area contributed by atoms with Crippen LogP contribution in [0.5, 0.6) is 0 Å². The second-order valence-electron chi connectivity index (χ2n) is 31.9. The molecule has 0 aliphatic carbocycles. The molecule has 0 saturated heterocycles. The maximum atomic E-state index is 11.7. The Kier molecular flexibility index (Phi) is 12.2. The van der Waals surface area contributed by atoms with Crippen LogP contribution in [0, 0.1) is 18.2 Å². The summed E-state index contributed by atoms with van der Waals surface area (Å²) in [7, 11) is 0.